The number of nitrogens with zero attached hydrogens (tertiary/aromatic N) is 3. The van der Waals surface area contributed by atoms with Gasteiger partial charge in [0.2, 0.25) is 0 Å². The van der Waals surface area contributed by atoms with Gasteiger partial charge < -0.3 is 4.57 Å². The van der Waals surface area contributed by atoms with E-state index in [1.807, 2.05) is 12.3 Å². The van der Waals surface area contributed by atoms with Crippen LogP contribution in [0.5, 0.6) is 0 Å². The topological polar surface area (TPSA) is 21.1 Å². The Hall–Kier alpha value is -1.39. The van der Waals surface area contributed by atoms with Crippen molar-refractivity contribution in [2.45, 2.75) is 32.0 Å². The Morgan fingerprint density at radius 2 is 2.37 bits per heavy atom. The van der Waals surface area contributed by atoms with E-state index in [0.29, 0.717) is 6.04 Å². The first-order valence-electron chi connectivity index (χ1n) is 6.73. The van der Waals surface area contributed by atoms with Crippen LogP contribution >= 0.6 is 11.3 Å². The van der Waals surface area contributed by atoms with E-state index in [-0.39, 0.29) is 0 Å². The molecule has 1 aliphatic rings. The van der Waals surface area contributed by atoms with Crippen molar-refractivity contribution in [2.75, 3.05) is 6.54 Å². The van der Waals surface area contributed by atoms with Gasteiger partial charge in [0, 0.05) is 31.5 Å². The summed E-state index contributed by atoms with van der Waals surface area (Å²) in [6, 6.07) is 2.89. The molecule has 0 unspecified atom stereocenters. The number of imidazole rings is 1. The molecular formula is C15H19N3S. The van der Waals surface area contributed by atoms with Gasteiger partial charge in [-0.15, -0.1) is 6.58 Å². The molecular weight excluding hydrogens is 254 g/mol. The lowest BCUT2D eigenvalue weighted by molar-refractivity contribution is 0.274. The van der Waals surface area contributed by atoms with Crippen LogP contribution in [-0.2, 0) is 13.1 Å². The van der Waals surface area contributed by atoms with Gasteiger partial charge in [-0.3, -0.25) is 4.90 Å². The fourth-order valence-electron chi connectivity index (χ4n) is 2.36. The van der Waals surface area contributed by atoms with E-state index in [1.54, 1.807) is 11.3 Å². The molecule has 0 radical (unpaired) electrons. The van der Waals surface area contributed by atoms with Gasteiger partial charge in [-0.25, -0.2) is 4.98 Å². The summed E-state index contributed by atoms with van der Waals surface area (Å²) >= 11 is 1.75. The van der Waals surface area contributed by atoms with Crippen molar-refractivity contribution in [3.8, 4) is 0 Å². The van der Waals surface area contributed by atoms with E-state index in [4.69, 9.17) is 0 Å². The normalized spacial score (nSPS) is 15.0. The summed E-state index contributed by atoms with van der Waals surface area (Å²) in [4.78, 5) is 6.90. The Balaban J connectivity index is 1.69. The lowest BCUT2D eigenvalue weighted by atomic mass is 10.3. The largest absolute Gasteiger partial charge is 0.331 e. The molecule has 2 aromatic heterocycles. The van der Waals surface area contributed by atoms with Gasteiger partial charge in [0.25, 0.3) is 0 Å². The minimum absolute atomic E-state index is 0.698. The fraction of sp³-hybridized carbons (Fsp3) is 0.400. The molecule has 0 bridgehead atoms. The van der Waals surface area contributed by atoms with E-state index >= 15 is 0 Å². The molecule has 0 N–H and O–H groups in total. The molecule has 1 fully saturated rings. The predicted octanol–water partition coefficient (Wildman–Crippen LogP) is 3.47. The van der Waals surface area contributed by atoms with Crippen molar-refractivity contribution in [1.29, 1.82) is 0 Å². The molecule has 1 saturated carbocycles. The summed E-state index contributed by atoms with van der Waals surface area (Å²) in [6.07, 6.45) is 8.61. The van der Waals surface area contributed by atoms with Crippen molar-refractivity contribution in [3.63, 3.8) is 0 Å². The second kappa shape index (κ2) is 5.72. The highest BCUT2D eigenvalue weighted by Crippen LogP contribution is 2.35. The van der Waals surface area contributed by atoms with E-state index in [1.165, 1.54) is 24.2 Å². The van der Waals surface area contributed by atoms with E-state index < -0.39 is 0 Å². The highest BCUT2D eigenvalue weighted by atomic mass is 32.1. The summed E-state index contributed by atoms with van der Waals surface area (Å²) in [5.41, 5.74) is 1.37. The Morgan fingerprint density at radius 1 is 1.47 bits per heavy atom. The highest BCUT2D eigenvalue weighted by molar-refractivity contribution is 7.07. The number of rotatable bonds is 7. The highest BCUT2D eigenvalue weighted by Gasteiger charge is 2.25. The summed E-state index contributed by atoms with van der Waals surface area (Å²) in [5.74, 6) is 1.18. The SMILES string of the molecule is C=CCN(Cc1ccsc1)Cc1nccn1C1CC1. The van der Waals surface area contributed by atoms with Crippen molar-refractivity contribution >= 4 is 11.3 Å². The third-order valence-electron chi connectivity index (χ3n) is 3.43. The van der Waals surface area contributed by atoms with Gasteiger partial charge in [0.05, 0.1) is 6.54 Å². The molecule has 3 nitrogen and oxygen atoms in total. The molecule has 19 heavy (non-hydrogen) atoms. The molecule has 0 aliphatic heterocycles. The smallest absolute Gasteiger partial charge is 0.123 e. The van der Waals surface area contributed by atoms with Crippen LogP contribution in [0.15, 0.2) is 41.9 Å². The first-order chi connectivity index (χ1) is 9.36. The lowest BCUT2D eigenvalue weighted by Crippen LogP contribution is -2.24. The summed E-state index contributed by atoms with van der Waals surface area (Å²) in [6.45, 7) is 6.62. The van der Waals surface area contributed by atoms with Crippen LogP contribution in [0.25, 0.3) is 0 Å². The summed E-state index contributed by atoms with van der Waals surface area (Å²) in [7, 11) is 0. The molecule has 1 aliphatic carbocycles. The van der Waals surface area contributed by atoms with Crippen LogP contribution in [0.1, 0.15) is 30.3 Å². The number of thiophene rings is 1. The van der Waals surface area contributed by atoms with E-state index in [0.717, 1.165) is 19.6 Å². The van der Waals surface area contributed by atoms with Crippen LogP contribution in [0.2, 0.25) is 0 Å². The van der Waals surface area contributed by atoms with Crippen molar-refractivity contribution in [2.24, 2.45) is 0 Å². The van der Waals surface area contributed by atoms with Gasteiger partial charge in [-0.2, -0.15) is 11.3 Å². The maximum absolute atomic E-state index is 4.52. The number of aromatic nitrogens is 2. The zero-order valence-electron chi connectivity index (χ0n) is 11.0. The fourth-order valence-corrected chi connectivity index (χ4v) is 3.02. The molecule has 100 valence electrons. The third kappa shape index (κ3) is 3.14. The molecule has 2 heterocycles. The first-order valence-corrected chi connectivity index (χ1v) is 7.67. The lowest BCUT2D eigenvalue weighted by Gasteiger charge is -2.20. The summed E-state index contributed by atoms with van der Waals surface area (Å²) in [5, 5.41) is 4.34. The molecule has 0 saturated heterocycles. The average molecular weight is 273 g/mol. The van der Waals surface area contributed by atoms with Gasteiger partial charge in [-0.05, 0) is 35.2 Å². The first kappa shape index (κ1) is 12.6. The predicted molar refractivity (Wildman–Crippen MR) is 79.1 cm³/mol. The molecule has 4 heteroatoms. The molecule has 0 amide bonds. The number of hydrogen-bond acceptors (Lipinski definition) is 3. The van der Waals surface area contributed by atoms with Crippen molar-refractivity contribution in [3.05, 3.63) is 53.3 Å². The minimum atomic E-state index is 0.698. The van der Waals surface area contributed by atoms with Crippen LogP contribution in [-0.4, -0.2) is 21.0 Å². The minimum Gasteiger partial charge on any atom is -0.331 e. The van der Waals surface area contributed by atoms with Gasteiger partial charge in [0.15, 0.2) is 0 Å². The Labute approximate surface area is 118 Å². The standard InChI is InChI=1S/C15H19N3S/c1-2-7-17(10-13-5-9-19-12-13)11-15-16-6-8-18(15)14-3-4-14/h2,5-6,8-9,12,14H,1,3-4,7,10-11H2. The Morgan fingerprint density at radius 3 is 3.05 bits per heavy atom. The molecule has 0 atom stereocenters. The van der Waals surface area contributed by atoms with Crippen LogP contribution in [0, 0.1) is 0 Å². The van der Waals surface area contributed by atoms with Gasteiger partial charge in [-0.1, -0.05) is 6.08 Å². The second-order valence-corrected chi connectivity index (χ2v) is 5.85. The molecule has 3 rings (SSSR count). The molecule has 2 aromatic rings. The zero-order chi connectivity index (χ0) is 13.1. The Kier molecular flexibility index (Phi) is 3.80. The zero-order valence-corrected chi connectivity index (χ0v) is 11.9. The Bertz CT molecular complexity index is 525. The van der Waals surface area contributed by atoms with Crippen molar-refractivity contribution in [1.82, 2.24) is 14.5 Å². The molecule has 0 aromatic carbocycles. The monoisotopic (exact) mass is 273 g/mol. The quantitative estimate of drug-likeness (QED) is 0.720. The molecule has 0 spiro atoms. The van der Waals surface area contributed by atoms with Crippen LogP contribution in [0.4, 0.5) is 0 Å². The van der Waals surface area contributed by atoms with Gasteiger partial charge >= 0.3 is 0 Å². The van der Waals surface area contributed by atoms with E-state index in [9.17, 15) is 0 Å². The van der Waals surface area contributed by atoms with Crippen LogP contribution in [0.3, 0.4) is 0 Å². The maximum Gasteiger partial charge on any atom is 0.123 e. The van der Waals surface area contributed by atoms with E-state index in [2.05, 4.69) is 44.1 Å². The maximum atomic E-state index is 4.52. The number of hydrogen-bond donors (Lipinski definition) is 0. The third-order valence-corrected chi connectivity index (χ3v) is 4.16. The second-order valence-electron chi connectivity index (χ2n) is 5.07. The van der Waals surface area contributed by atoms with Gasteiger partial charge in [0.1, 0.15) is 5.82 Å². The summed E-state index contributed by atoms with van der Waals surface area (Å²) < 4.78 is 2.34. The average Bonchev–Trinajstić information content (AvgIpc) is 2.93. The van der Waals surface area contributed by atoms with Crippen molar-refractivity contribution < 1.29 is 0 Å². The van der Waals surface area contributed by atoms with Crippen LogP contribution < -0.4 is 0 Å².